The Balaban J connectivity index is 0. The topological polar surface area (TPSA) is 87.0 Å². The summed E-state index contributed by atoms with van der Waals surface area (Å²) in [6.07, 6.45) is 18.0. The normalized spacial score (nSPS) is 10.6. The minimum Gasteiger partial charge on any atom is -0.466 e. The molecule has 27 heavy (non-hydrogen) atoms. The van der Waals surface area contributed by atoms with Crippen LogP contribution in [0.25, 0.3) is 0 Å². The Kier molecular flexibility index (Phi) is 26.8. The van der Waals surface area contributed by atoms with Crippen LogP contribution in [0.1, 0.15) is 110 Å². The van der Waals surface area contributed by atoms with Crippen molar-refractivity contribution in [2.75, 3.05) is 19.8 Å². The molecule has 0 bridgehead atoms. The van der Waals surface area contributed by atoms with Gasteiger partial charge in [-0.2, -0.15) is 0 Å². The third kappa shape index (κ3) is 27.7. The molecule has 0 heterocycles. The lowest BCUT2D eigenvalue weighted by atomic mass is 10.0. The summed E-state index contributed by atoms with van der Waals surface area (Å²) in [4.78, 5) is 11.3. The number of hydrogen-bond donors (Lipinski definition) is 3. The Labute approximate surface area is 167 Å². The van der Waals surface area contributed by atoms with Crippen molar-refractivity contribution in [1.29, 1.82) is 0 Å². The fourth-order valence-corrected chi connectivity index (χ4v) is 2.63. The van der Waals surface area contributed by atoms with Crippen molar-refractivity contribution in [1.82, 2.24) is 0 Å². The summed E-state index contributed by atoms with van der Waals surface area (Å²) in [6, 6.07) is 0. The molecule has 5 heteroatoms. The molecule has 164 valence electrons. The average molecular weight is 391 g/mol. The van der Waals surface area contributed by atoms with E-state index in [2.05, 4.69) is 6.92 Å². The van der Waals surface area contributed by atoms with E-state index in [1.54, 1.807) is 0 Å². The quantitative estimate of drug-likeness (QED) is 0.232. The lowest BCUT2D eigenvalue weighted by Crippen LogP contribution is -2.15. The highest BCUT2D eigenvalue weighted by Crippen LogP contribution is 2.13. The number of hydrogen-bond acceptors (Lipinski definition) is 5. The fraction of sp³-hybridized carbons (Fsp3) is 0.955. The Morgan fingerprint density at radius 3 is 1.44 bits per heavy atom. The Hall–Kier alpha value is -0.650. The van der Waals surface area contributed by atoms with Crippen LogP contribution in [0.3, 0.4) is 0 Å². The molecule has 0 amide bonds. The van der Waals surface area contributed by atoms with Crippen molar-refractivity contribution in [3.8, 4) is 0 Å². The lowest BCUT2D eigenvalue weighted by Gasteiger charge is -2.04. The Bertz CT molecular complexity index is 280. The van der Waals surface area contributed by atoms with Crippen molar-refractivity contribution in [2.24, 2.45) is 0 Å². The summed E-state index contributed by atoms with van der Waals surface area (Å²) >= 11 is 0. The van der Waals surface area contributed by atoms with E-state index < -0.39 is 6.10 Å². The van der Waals surface area contributed by atoms with Crippen molar-refractivity contribution in [2.45, 2.75) is 116 Å². The number of carbonyl (C=O) groups is 1. The summed E-state index contributed by atoms with van der Waals surface area (Å²) < 4.78 is 5.06. The van der Waals surface area contributed by atoms with Gasteiger partial charge in [0.25, 0.3) is 0 Å². The summed E-state index contributed by atoms with van der Waals surface area (Å²) in [5, 5.41) is 24.0. The molecular weight excluding hydrogens is 344 g/mol. The number of rotatable bonds is 18. The first-order chi connectivity index (χ1) is 13.1. The molecule has 0 spiro atoms. The van der Waals surface area contributed by atoms with Gasteiger partial charge < -0.3 is 20.1 Å². The Morgan fingerprint density at radius 2 is 1.11 bits per heavy atom. The van der Waals surface area contributed by atoms with E-state index in [9.17, 15) is 4.79 Å². The summed E-state index contributed by atoms with van der Waals surface area (Å²) in [6.45, 7) is 4.15. The van der Waals surface area contributed by atoms with E-state index in [1.807, 2.05) is 6.92 Å². The van der Waals surface area contributed by atoms with Crippen molar-refractivity contribution in [3.05, 3.63) is 0 Å². The molecule has 0 rings (SSSR count). The van der Waals surface area contributed by atoms with Crippen LogP contribution >= 0.6 is 0 Å². The second kappa shape index (κ2) is 25.4. The van der Waals surface area contributed by atoms with E-state index in [4.69, 9.17) is 20.1 Å². The van der Waals surface area contributed by atoms with Crippen LogP contribution in [0.15, 0.2) is 0 Å². The van der Waals surface area contributed by atoms with Gasteiger partial charge in [-0.15, -0.1) is 0 Å². The second-order valence-corrected chi connectivity index (χ2v) is 7.23. The van der Waals surface area contributed by atoms with Gasteiger partial charge in [0.05, 0.1) is 19.8 Å². The molecular formula is C22H46O5. The maximum Gasteiger partial charge on any atom is 0.305 e. The molecule has 0 aromatic heterocycles. The molecule has 0 unspecified atom stereocenters. The zero-order valence-electron chi connectivity index (χ0n) is 18.0. The molecule has 0 aromatic rings. The molecule has 0 saturated carbocycles. The molecule has 0 saturated heterocycles. The number of aliphatic hydroxyl groups is 3. The van der Waals surface area contributed by atoms with E-state index in [0.29, 0.717) is 13.0 Å². The number of esters is 1. The molecule has 0 atom stereocenters. The zero-order valence-corrected chi connectivity index (χ0v) is 18.0. The largest absolute Gasteiger partial charge is 0.466 e. The maximum absolute atomic E-state index is 11.3. The lowest BCUT2D eigenvalue weighted by molar-refractivity contribution is -0.143. The minimum atomic E-state index is -0.954. The van der Waals surface area contributed by atoms with Crippen molar-refractivity contribution in [3.63, 3.8) is 0 Å². The predicted molar refractivity (Wildman–Crippen MR) is 112 cm³/mol. The van der Waals surface area contributed by atoms with Gasteiger partial charge in [0.2, 0.25) is 0 Å². The molecule has 0 aliphatic heterocycles. The Morgan fingerprint density at radius 1 is 0.704 bits per heavy atom. The van der Waals surface area contributed by atoms with Gasteiger partial charge in [0.15, 0.2) is 0 Å². The second-order valence-electron chi connectivity index (χ2n) is 7.23. The first-order valence-corrected chi connectivity index (χ1v) is 11.2. The first kappa shape index (κ1) is 28.6. The van der Waals surface area contributed by atoms with Crippen LogP contribution < -0.4 is 0 Å². The third-order valence-corrected chi connectivity index (χ3v) is 4.37. The van der Waals surface area contributed by atoms with E-state index >= 15 is 0 Å². The van der Waals surface area contributed by atoms with E-state index in [1.165, 1.54) is 77.0 Å². The van der Waals surface area contributed by atoms with E-state index in [-0.39, 0.29) is 19.2 Å². The van der Waals surface area contributed by atoms with Crippen molar-refractivity contribution >= 4 is 5.97 Å². The van der Waals surface area contributed by atoms with Gasteiger partial charge in [0, 0.05) is 6.42 Å². The standard InChI is InChI=1S/C19H38O2.C3H8O3/c1-3-5-6-7-8-9-10-11-12-13-14-15-16-17-19(20)21-18-4-2;4-1-3(6)2-5/h3-18H2,1-2H3;3-6H,1-2H2. The smallest absolute Gasteiger partial charge is 0.305 e. The first-order valence-electron chi connectivity index (χ1n) is 11.2. The van der Waals surface area contributed by atoms with Gasteiger partial charge in [-0.3, -0.25) is 4.79 Å². The number of carbonyl (C=O) groups excluding carboxylic acids is 1. The van der Waals surface area contributed by atoms with Gasteiger partial charge in [-0.05, 0) is 12.8 Å². The highest BCUT2D eigenvalue weighted by molar-refractivity contribution is 5.69. The summed E-state index contributed by atoms with van der Waals surface area (Å²) in [5.41, 5.74) is 0. The van der Waals surface area contributed by atoms with Crippen LogP contribution in [-0.2, 0) is 9.53 Å². The van der Waals surface area contributed by atoms with Crippen LogP contribution in [0.5, 0.6) is 0 Å². The highest BCUT2D eigenvalue weighted by Gasteiger charge is 2.01. The van der Waals surface area contributed by atoms with Crippen LogP contribution in [0.4, 0.5) is 0 Å². The zero-order chi connectivity index (χ0) is 20.6. The monoisotopic (exact) mass is 390 g/mol. The van der Waals surface area contributed by atoms with E-state index in [0.717, 1.165) is 12.8 Å². The molecule has 0 aliphatic carbocycles. The number of ether oxygens (including phenoxy) is 1. The van der Waals surface area contributed by atoms with Crippen LogP contribution in [-0.4, -0.2) is 47.2 Å². The predicted octanol–water partition coefficient (Wildman–Crippen LogP) is 4.75. The molecule has 0 radical (unpaired) electrons. The molecule has 0 fully saturated rings. The summed E-state index contributed by atoms with van der Waals surface area (Å²) in [7, 11) is 0. The number of aliphatic hydroxyl groups excluding tert-OH is 3. The van der Waals surface area contributed by atoms with Gasteiger partial charge >= 0.3 is 5.97 Å². The van der Waals surface area contributed by atoms with Gasteiger partial charge in [0.1, 0.15) is 6.10 Å². The third-order valence-electron chi connectivity index (χ3n) is 4.37. The SMILES string of the molecule is CCCCCCCCCCCCCCCC(=O)OCCC.OCC(O)CO. The fourth-order valence-electron chi connectivity index (χ4n) is 2.63. The van der Waals surface area contributed by atoms with Crippen LogP contribution in [0.2, 0.25) is 0 Å². The number of unbranched alkanes of at least 4 members (excludes halogenated alkanes) is 12. The van der Waals surface area contributed by atoms with Gasteiger partial charge in [-0.25, -0.2) is 0 Å². The molecule has 0 aliphatic rings. The molecule has 3 N–H and O–H groups in total. The molecule has 0 aromatic carbocycles. The maximum atomic E-state index is 11.3. The summed E-state index contributed by atoms with van der Waals surface area (Å²) in [5.74, 6) is -0.0140. The highest BCUT2D eigenvalue weighted by atomic mass is 16.5. The average Bonchev–Trinajstić information content (AvgIpc) is 2.69. The van der Waals surface area contributed by atoms with Crippen LogP contribution in [0, 0.1) is 0 Å². The van der Waals surface area contributed by atoms with Gasteiger partial charge in [-0.1, -0.05) is 90.9 Å². The minimum absolute atomic E-state index is 0.0140. The van der Waals surface area contributed by atoms with Crippen molar-refractivity contribution < 1.29 is 24.9 Å². The molecule has 5 nitrogen and oxygen atoms in total.